The van der Waals surface area contributed by atoms with Crippen molar-refractivity contribution >= 4 is 35.2 Å². The molecule has 2 amide bonds. The van der Waals surface area contributed by atoms with E-state index in [1.807, 2.05) is 20.8 Å². The van der Waals surface area contributed by atoms with Crippen LogP contribution in [0.5, 0.6) is 5.75 Å². The van der Waals surface area contributed by atoms with Crippen molar-refractivity contribution in [3.05, 3.63) is 28.2 Å². The Kier molecular flexibility index (Phi) is 7.23. The quantitative estimate of drug-likeness (QED) is 0.794. The molecule has 0 aliphatic carbocycles. The van der Waals surface area contributed by atoms with Gasteiger partial charge in [-0.15, -0.1) is 0 Å². The second-order valence-corrected chi connectivity index (χ2v) is 8.35. The third-order valence-corrected chi connectivity index (χ3v) is 4.88. The number of rotatable bonds is 4. The summed E-state index contributed by atoms with van der Waals surface area (Å²) >= 11 is 12.0. The zero-order valence-corrected chi connectivity index (χ0v) is 17.6. The first-order valence-corrected chi connectivity index (χ1v) is 9.71. The van der Waals surface area contributed by atoms with Crippen molar-refractivity contribution in [3.63, 3.8) is 0 Å². The number of carbonyl (C=O) groups excluding carboxylic acids is 2. The van der Waals surface area contributed by atoms with Gasteiger partial charge < -0.3 is 19.7 Å². The summed E-state index contributed by atoms with van der Waals surface area (Å²) in [5, 5.41) is 3.62. The molecule has 1 saturated heterocycles. The molecule has 1 aromatic carbocycles. The van der Waals surface area contributed by atoms with Gasteiger partial charge in [-0.05, 0) is 52.7 Å². The fourth-order valence-electron chi connectivity index (χ4n) is 2.67. The number of halogens is 2. The average Bonchev–Trinajstić information content (AvgIpc) is 2.58. The molecule has 0 saturated carbocycles. The van der Waals surface area contributed by atoms with E-state index in [0.717, 1.165) is 0 Å². The van der Waals surface area contributed by atoms with Crippen LogP contribution in [-0.2, 0) is 9.53 Å². The zero-order valence-electron chi connectivity index (χ0n) is 16.1. The zero-order chi connectivity index (χ0) is 20.2. The first kappa shape index (κ1) is 21.6. The van der Waals surface area contributed by atoms with Crippen LogP contribution >= 0.6 is 23.2 Å². The van der Waals surface area contributed by atoms with Crippen molar-refractivity contribution in [2.24, 2.45) is 0 Å². The first-order valence-electron chi connectivity index (χ1n) is 8.96. The Bertz CT molecular complexity index is 683. The highest BCUT2D eigenvalue weighted by Gasteiger charge is 2.28. The molecule has 2 rings (SSSR count). The number of ether oxygens (including phenoxy) is 2. The van der Waals surface area contributed by atoms with Crippen molar-refractivity contribution in [1.29, 1.82) is 0 Å². The topological polar surface area (TPSA) is 67.9 Å². The van der Waals surface area contributed by atoms with Gasteiger partial charge in [0.2, 0.25) is 0 Å². The van der Waals surface area contributed by atoms with Crippen LogP contribution in [0, 0.1) is 0 Å². The molecule has 6 nitrogen and oxygen atoms in total. The van der Waals surface area contributed by atoms with Gasteiger partial charge in [0, 0.05) is 19.1 Å². The molecule has 0 spiro atoms. The molecular formula is C19H26Cl2N2O4. The predicted molar refractivity (Wildman–Crippen MR) is 106 cm³/mol. The van der Waals surface area contributed by atoms with Crippen LogP contribution in [0.4, 0.5) is 4.79 Å². The van der Waals surface area contributed by atoms with Gasteiger partial charge in [-0.3, -0.25) is 4.79 Å². The Balaban J connectivity index is 1.81. The van der Waals surface area contributed by atoms with Crippen LogP contribution < -0.4 is 10.1 Å². The lowest BCUT2D eigenvalue weighted by molar-refractivity contribution is -0.128. The summed E-state index contributed by atoms with van der Waals surface area (Å²) in [6.07, 6.45) is 0.287. The van der Waals surface area contributed by atoms with Crippen molar-refractivity contribution in [2.75, 3.05) is 13.1 Å². The normalized spacial score (nSPS) is 16.6. The van der Waals surface area contributed by atoms with Crippen molar-refractivity contribution in [3.8, 4) is 5.75 Å². The number of benzene rings is 1. The molecular weight excluding hydrogens is 391 g/mol. The van der Waals surface area contributed by atoms with E-state index in [4.69, 9.17) is 32.7 Å². The lowest BCUT2D eigenvalue weighted by Crippen LogP contribution is -2.50. The van der Waals surface area contributed by atoms with E-state index in [-0.39, 0.29) is 23.1 Å². The molecule has 1 heterocycles. The molecule has 1 aliphatic rings. The highest BCUT2D eigenvalue weighted by molar-refractivity contribution is 6.42. The number of amides is 2. The van der Waals surface area contributed by atoms with E-state index in [1.54, 1.807) is 30.0 Å². The van der Waals surface area contributed by atoms with Crippen LogP contribution in [0.1, 0.15) is 40.5 Å². The van der Waals surface area contributed by atoms with Crippen LogP contribution in [-0.4, -0.2) is 47.7 Å². The second-order valence-electron chi connectivity index (χ2n) is 7.56. The molecule has 1 unspecified atom stereocenters. The number of nitrogens with zero attached hydrogens (tertiary/aromatic N) is 1. The summed E-state index contributed by atoms with van der Waals surface area (Å²) in [5.41, 5.74) is -0.517. The maximum Gasteiger partial charge on any atom is 0.410 e. The van der Waals surface area contributed by atoms with E-state index in [1.165, 1.54) is 0 Å². The third kappa shape index (κ3) is 6.47. The van der Waals surface area contributed by atoms with E-state index < -0.39 is 11.7 Å². The summed E-state index contributed by atoms with van der Waals surface area (Å²) < 4.78 is 11.0. The number of hydrogen-bond acceptors (Lipinski definition) is 4. The van der Waals surface area contributed by atoms with Crippen molar-refractivity contribution in [2.45, 2.75) is 58.3 Å². The summed E-state index contributed by atoms with van der Waals surface area (Å²) in [6, 6.07) is 5.01. The number of piperidine rings is 1. The summed E-state index contributed by atoms with van der Waals surface area (Å²) in [7, 11) is 0. The second kappa shape index (κ2) is 9.02. The highest BCUT2D eigenvalue weighted by Crippen LogP contribution is 2.32. The fraction of sp³-hybridized carbons (Fsp3) is 0.579. The number of carbonyl (C=O) groups is 2. The molecule has 1 fully saturated rings. The van der Waals surface area contributed by atoms with Gasteiger partial charge in [0.1, 0.15) is 16.4 Å². The van der Waals surface area contributed by atoms with Crippen molar-refractivity contribution in [1.82, 2.24) is 10.2 Å². The summed E-state index contributed by atoms with van der Waals surface area (Å²) in [4.78, 5) is 26.2. The molecule has 27 heavy (non-hydrogen) atoms. The lowest BCUT2D eigenvalue weighted by atomic mass is 10.1. The molecule has 150 valence electrons. The minimum absolute atomic E-state index is 0.0166. The maximum absolute atomic E-state index is 12.4. The van der Waals surface area contributed by atoms with Crippen LogP contribution in [0.15, 0.2) is 18.2 Å². The lowest BCUT2D eigenvalue weighted by Gasteiger charge is -2.34. The molecule has 8 heteroatoms. The molecule has 1 aromatic rings. The Morgan fingerprint density at radius 3 is 2.44 bits per heavy atom. The van der Waals surface area contributed by atoms with E-state index >= 15 is 0 Å². The van der Waals surface area contributed by atoms with Gasteiger partial charge in [0.05, 0.1) is 5.02 Å². The number of hydrogen-bond donors (Lipinski definition) is 1. The molecule has 0 aromatic heterocycles. The summed E-state index contributed by atoms with van der Waals surface area (Å²) in [6.45, 7) is 8.25. The minimum Gasteiger partial charge on any atom is -0.479 e. The van der Waals surface area contributed by atoms with Gasteiger partial charge in [-0.1, -0.05) is 29.3 Å². The standard InChI is InChI=1S/C19H26Cl2N2O4/c1-12(26-15-7-5-6-14(20)16(15)21)17(24)22-13-8-10-23(11-9-13)18(25)27-19(2,3)4/h5-7,12-13H,8-11H2,1-4H3,(H,22,24). The molecule has 1 atom stereocenters. The van der Waals surface area contributed by atoms with E-state index in [9.17, 15) is 9.59 Å². The van der Waals surface area contributed by atoms with Crippen LogP contribution in [0.3, 0.4) is 0 Å². The van der Waals surface area contributed by atoms with Gasteiger partial charge >= 0.3 is 6.09 Å². The number of likely N-dealkylation sites (tertiary alicyclic amines) is 1. The maximum atomic E-state index is 12.4. The first-order chi connectivity index (χ1) is 12.6. The number of nitrogens with one attached hydrogen (secondary N) is 1. The molecule has 0 bridgehead atoms. The highest BCUT2D eigenvalue weighted by atomic mass is 35.5. The summed E-state index contributed by atoms with van der Waals surface area (Å²) in [5.74, 6) is 0.133. The largest absolute Gasteiger partial charge is 0.479 e. The minimum atomic E-state index is -0.718. The predicted octanol–water partition coefficient (Wildman–Crippen LogP) is 4.28. The fourth-order valence-corrected chi connectivity index (χ4v) is 3.01. The van der Waals surface area contributed by atoms with E-state index in [0.29, 0.717) is 36.7 Å². The third-order valence-electron chi connectivity index (χ3n) is 4.08. The molecule has 1 N–H and O–H groups in total. The van der Waals surface area contributed by atoms with Gasteiger partial charge in [-0.2, -0.15) is 0 Å². The monoisotopic (exact) mass is 416 g/mol. The SMILES string of the molecule is CC(Oc1cccc(Cl)c1Cl)C(=O)NC1CCN(C(=O)OC(C)(C)C)CC1. The smallest absolute Gasteiger partial charge is 0.410 e. The van der Waals surface area contributed by atoms with Gasteiger partial charge in [-0.25, -0.2) is 4.79 Å². The Hall–Kier alpha value is -1.66. The van der Waals surface area contributed by atoms with Gasteiger partial charge in [0.25, 0.3) is 5.91 Å². The van der Waals surface area contributed by atoms with Crippen LogP contribution in [0.25, 0.3) is 0 Å². The van der Waals surface area contributed by atoms with Crippen molar-refractivity contribution < 1.29 is 19.1 Å². The average molecular weight is 417 g/mol. The molecule has 1 aliphatic heterocycles. The Morgan fingerprint density at radius 1 is 1.22 bits per heavy atom. The van der Waals surface area contributed by atoms with Gasteiger partial charge in [0.15, 0.2) is 6.10 Å². The molecule has 0 radical (unpaired) electrons. The Morgan fingerprint density at radius 2 is 1.85 bits per heavy atom. The Labute approximate surface area is 170 Å². The van der Waals surface area contributed by atoms with E-state index in [2.05, 4.69) is 5.32 Å². The van der Waals surface area contributed by atoms with Crippen LogP contribution in [0.2, 0.25) is 10.0 Å².